The van der Waals surface area contributed by atoms with Crippen molar-refractivity contribution in [3.63, 3.8) is 0 Å². The fraction of sp³-hybridized carbons (Fsp3) is 0.400. The second-order valence-electron chi connectivity index (χ2n) is 6.78. The molecule has 0 radical (unpaired) electrons. The number of aromatic nitrogens is 1. The van der Waals surface area contributed by atoms with Gasteiger partial charge in [-0.25, -0.2) is 0 Å². The van der Waals surface area contributed by atoms with Gasteiger partial charge in [0.05, 0.1) is 23.2 Å². The lowest BCUT2D eigenvalue weighted by atomic mass is 9.96. The minimum Gasteiger partial charge on any atom is -0.490 e. The highest BCUT2D eigenvalue weighted by Crippen LogP contribution is 2.29. The van der Waals surface area contributed by atoms with Crippen LogP contribution in [0.1, 0.15) is 36.0 Å². The number of benzene rings is 1. The molecule has 2 heterocycles. The Bertz CT molecular complexity index is 780. The Balaban J connectivity index is 1.38. The normalized spacial score (nSPS) is 19.9. The fourth-order valence-corrected chi connectivity index (χ4v) is 3.46. The summed E-state index contributed by atoms with van der Waals surface area (Å²) in [5.41, 5.74) is 0.511. The van der Waals surface area contributed by atoms with E-state index in [4.69, 9.17) is 21.1 Å². The largest absolute Gasteiger partial charge is 0.490 e. The number of nitrogens with zero attached hydrogens (tertiary/aromatic N) is 2. The van der Waals surface area contributed by atoms with Crippen LogP contribution in [0.4, 0.5) is 0 Å². The molecule has 1 aliphatic heterocycles. The van der Waals surface area contributed by atoms with Gasteiger partial charge in [-0.1, -0.05) is 11.6 Å². The summed E-state index contributed by atoms with van der Waals surface area (Å²) in [4.78, 5) is 18.6. The van der Waals surface area contributed by atoms with Crippen LogP contribution in [0.25, 0.3) is 0 Å². The Morgan fingerprint density at radius 2 is 1.81 bits per heavy atom. The van der Waals surface area contributed by atoms with E-state index in [2.05, 4.69) is 4.98 Å². The molecular weight excluding hydrogens is 352 g/mol. The van der Waals surface area contributed by atoms with Gasteiger partial charge in [-0.15, -0.1) is 0 Å². The third-order valence-corrected chi connectivity index (χ3v) is 5.22. The van der Waals surface area contributed by atoms with E-state index in [1.807, 2.05) is 18.2 Å². The van der Waals surface area contributed by atoms with Crippen molar-refractivity contribution in [1.29, 1.82) is 0 Å². The van der Waals surface area contributed by atoms with Crippen molar-refractivity contribution in [2.75, 3.05) is 13.1 Å². The van der Waals surface area contributed by atoms with Gasteiger partial charge in [0, 0.05) is 25.4 Å². The zero-order valence-corrected chi connectivity index (χ0v) is 15.2. The van der Waals surface area contributed by atoms with Crippen LogP contribution in [0.5, 0.6) is 11.5 Å². The summed E-state index contributed by atoms with van der Waals surface area (Å²) in [7, 11) is 0. The maximum Gasteiger partial charge on any atom is 0.255 e. The van der Waals surface area contributed by atoms with Gasteiger partial charge in [0.1, 0.15) is 17.6 Å². The quantitative estimate of drug-likeness (QED) is 0.797. The number of halogens is 1. The van der Waals surface area contributed by atoms with Gasteiger partial charge < -0.3 is 14.4 Å². The fourth-order valence-electron chi connectivity index (χ4n) is 3.21. The molecule has 0 spiro atoms. The molecule has 4 rings (SSSR count). The topological polar surface area (TPSA) is 51.7 Å². The average Bonchev–Trinajstić information content (AvgIpc) is 3.07. The van der Waals surface area contributed by atoms with E-state index in [0.29, 0.717) is 23.7 Å². The molecule has 0 N–H and O–H groups in total. The molecule has 0 unspecified atom stereocenters. The lowest BCUT2D eigenvalue weighted by molar-refractivity contribution is 0.0772. The standard InChI is InChI=1S/C20H21ClN2O3/c21-19-12-16(25-14-2-1-3-14)4-5-18(19)20(24)23-11-8-17(13-23)26-15-6-9-22-10-7-15/h4-7,9-10,12,14,17H,1-3,8,11,13H2/t17-/m0/s1. The number of hydrogen-bond donors (Lipinski definition) is 0. The number of rotatable bonds is 5. The van der Waals surface area contributed by atoms with Gasteiger partial charge in [-0.05, 0) is 49.6 Å². The zero-order chi connectivity index (χ0) is 17.9. The van der Waals surface area contributed by atoms with Crippen LogP contribution in [-0.4, -0.2) is 41.1 Å². The van der Waals surface area contributed by atoms with Crippen molar-refractivity contribution in [2.24, 2.45) is 0 Å². The molecule has 5 nitrogen and oxygen atoms in total. The monoisotopic (exact) mass is 372 g/mol. The van der Waals surface area contributed by atoms with Crippen LogP contribution < -0.4 is 9.47 Å². The van der Waals surface area contributed by atoms with Gasteiger partial charge in [0.2, 0.25) is 0 Å². The Morgan fingerprint density at radius 3 is 2.50 bits per heavy atom. The van der Waals surface area contributed by atoms with Crippen molar-refractivity contribution in [3.05, 3.63) is 53.3 Å². The van der Waals surface area contributed by atoms with Gasteiger partial charge >= 0.3 is 0 Å². The molecule has 2 aliphatic rings. The molecule has 1 aliphatic carbocycles. The Hall–Kier alpha value is -2.27. The molecule has 136 valence electrons. The molecule has 2 aromatic rings. The lowest BCUT2D eigenvalue weighted by Crippen LogP contribution is -2.31. The molecule has 1 aromatic heterocycles. The number of carbonyl (C=O) groups is 1. The number of ether oxygens (including phenoxy) is 2. The summed E-state index contributed by atoms with van der Waals surface area (Å²) in [5.74, 6) is 1.44. The summed E-state index contributed by atoms with van der Waals surface area (Å²) < 4.78 is 11.8. The van der Waals surface area contributed by atoms with Crippen molar-refractivity contribution >= 4 is 17.5 Å². The summed E-state index contributed by atoms with van der Waals surface area (Å²) in [5, 5.41) is 0.435. The van der Waals surface area contributed by atoms with Crippen molar-refractivity contribution < 1.29 is 14.3 Å². The SMILES string of the molecule is O=C(c1ccc(OC2CCC2)cc1Cl)N1CC[C@H](Oc2ccncc2)C1. The summed E-state index contributed by atoms with van der Waals surface area (Å²) >= 11 is 6.35. The van der Waals surface area contributed by atoms with Crippen LogP contribution in [0.2, 0.25) is 5.02 Å². The van der Waals surface area contributed by atoms with Gasteiger partial charge in [-0.3, -0.25) is 9.78 Å². The third kappa shape index (κ3) is 3.78. The summed E-state index contributed by atoms with van der Waals surface area (Å²) in [6.45, 7) is 1.21. The molecule has 1 saturated heterocycles. The number of amides is 1. The number of carbonyl (C=O) groups excluding carboxylic acids is 1. The van der Waals surface area contributed by atoms with E-state index in [1.165, 1.54) is 6.42 Å². The van der Waals surface area contributed by atoms with Crippen LogP contribution in [0.15, 0.2) is 42.7 Å². The smallest absolute Gasteiger partial charge is 0.255 e. The van der Waals surface area contributed by atoms with E-state index in [0.717, 1.165) is 30.8 Å². The van der Waals surface area contributed by atoms with Crippen LogP contribution >= 0.6 is 11.6 Å². The first-order valence-electron chi connectivity index (χ1n) is 9.01. The van der Waals surface area contributed by atoms with Crippen LogP contribution in [-0.2, 0) is 0 Å². The van der Waals surface area contributed by atoms with Gasteiger partial charge in [-0.2, -0.15) is 0 Å². The minimum atomic E-state index is -0.0639. The first-order valence-corrected chi connectivity index (χ1v) is 9.39. The van der Waals surface area contributed by atoms with Crippen LogP contribution in [0.3, 0.4) is 0 Å². The highest BCUT2D eigenvalue weighted by molar-refractivity contribution is 6.34. The minimum absolute atomic E-state index is 0.0126. The molecule has 1 saturated carbocycles. The lowest BCUT2D eigenvalue weighted by Gasteiger charge is -2.26. The maximum atomic E-state index is 12.8. The molecule has 26 heavy (non-hydrogen) atoms. The number of pyridine rings is 1. The molecule has 1 atom stereocenters. The van der Waals surface area contributed by atoms with Gasteiger partial charge in [0.25, 0.3) is 5.91 Å². The van der Waals surface area contributed by atoms with Crippen molar-refractivity contribution in [1.82, 2.24) is 9.88 Å². The summed E-state index contributed by atoms with van der Waals surface area (Å²) in [6.07, 6.45) is 7.86. The van der Waals surface area contributed by atoms with E-state index >= 15 is 0 Å². The summed E-state index contributed by atoms with van der Waals surface area (Å²) in [6, 6.07) is 8.98. The third-order valence-electron chi connectivity index (χ3n) is 4.91. The molecular formula is C20H21ClN2O3. The number of hydrogen-bond acceptors (Lipinski definition) is 4. The molecule has 6 heteroatoms. The van der Waals surface area contributed by atoms with Crippen molar-refractivity contribution in [3.8, 4) is 11.5 Å². The first kappa shape index (κ1) is 17.2. The highest BCUT2D eigenvalue weighted by atomic mass is 35.5. The second kappa shape index (κ2) is 7.54. The Kier molecular flexibility index (Phi) is 4.98. The van der Waals surface area contributed by atoms with E-state index in [-0.39, 0.29) is 18.1 Å². The highest BCUT2D eigenvalue weighted by Gasteiger charge is 2.29. The Morgan fingerprint density at radius 1 is 1.04 bits per heavy atom. The Labute approximate surface area is 157 Å². The molecule has 0 bridgehead atoms. The number of likely N-dealkylation sites (tertiary alicyclic amines) is 1. The van der Waals surface area contributed by atoms with E-state index < -0.39 is 0 Å². The van der Waals surface area contributed by atoms with Gasteiger partial charge in [0.15, 0.2) is 0 Å². The van der Waals surface area contributed by atoms with Crippen LogP contribution in [0, 0.1) is 0 Å². The van der Waals surface area contributed by atoms with E-state index in [9.17, 15) is 4.79 Å². The zero-order valence-electron chi connectivity index (χ0n) is 14.4. The predicted molar refractivity (Wildman–Crippen MR) is 98.9 cm³/mol. The second-order valence-corrected chi connectivity index (χ2v) is 7.18. The predicted octanol–water partition coefficient (Wildman–Crippen LogP) is 3.96. The molecule has 1 aromatic carbocycles. The van der Waals surface area contributed by atoms with E-state index in [1.54, 1.807) is 29.4 Å². The van der Waals surface area contributed by atoms with Crippen molar-refractivity contribution in [2.45, 2.75) is 37.9 Å². The average molecular weight is 373 g/mol. The first-order chi connectivity index (χ1) is 12.7. The molecule has 2 fully saturated rings. The molecule has 1 amide bonds. The maximum absolute atomic E-state index is 12.8.